The van der Waals surface area contributed by atoms with Gasteiger partial charge in [-0.15, -0.1) is 0 Å². The minimum absolute atomic E-state index is 0.333. The minimum atomic E-state index is 0.333. The van der Waals surface area contributed by atoms with Crippen LogP contribution in [-0.4, -0.2) is 61.5 Å². The number of amides is 1. The number of piperazine rings is 1. The smallest absolute Gasteiger partial charge is 0.223 e. The van der Waals surface area contributed by atoms with Gasteiger partial charge in [-0.05, 0) is 50.6 Å². The summed E-state index contributed by atoms with van der Waals surface area (Å²) < 4.78 is 0. The second kappa shape index (κ2) is 7.82. The first-order valence-electron chi connectivity index (χ1n) is 9.04. The van der Waals surface area contributed by atoms with E-state index in [0.717, 1.165) is 32.7 Å². The minimum Gasteiger partial charge on any atom is -0.368 e. The zero-order chi connectivity index (χ0) is 16.1. The molecule has 3 rings (SSSR count). The van der Waals surface area contributed by atoms with Gasteiger partial charge >= 0.3 is 0 Å². The molecule has 0 N–H and O–H groups in total. The summed E-state index contributed by atoms with van der Waals surface area (Å²) in [6.07, 6.45) is 4.63. The third kappa shape index (κ3) is 4.47. The van der Waals surface area contributed by atoms with Crippen molar-refractivity contribution >= 4 is 11.6 Å². The lowest BCUT2D eigenvalue weighted by molar-refractivity contribution is -0.131. The lowest BCUT2D eigenvalue weighted by atomic mass is 10.1. The van der Waals surface area contributed by atoms with Gasteiger partial charge in [-0.3, -0.25) is 4.79 Å². The summed E-state index contributed by atoms with van der Waals surface area (Å²) in [4.78, 5) is 19.3. The van der Waals surface area contributed by atoms with E-state index in [0.29, 0.717) is 12.3 Å². The summed E-state index contributed by atoms with van der Waals surface area (Å²) in [6.45, 7) is 9.01. The second-order valence-corrected chi connectivity index (χ2v) is 6.86. The predicted octanol–water partition coefficient (Wildman–Crippen LogP) is 2.52. The summed E-state index contributed by atoms with van der Waals surface area (Å²) in [5.41, 5.74) is 2.58. The summed E-state index contributed by atoms with van der Waals surface area (Å²) in [6, 6.07) is 8.64. The molecule has 0 aliphatic carbocycles. The van der Waals surface area contributed by atoms with E-state index >= 15 is 0 Å². The molecule has 0 spiro atoms. The van der Waals surface area contributed by atoms with Crippen LogP contribution in [-0.2, 0) is 4.79 Å². The fourth-order valence-corrected chi connectivity index (χ4v) is 3.63. The van der Waals surface area contributed by atoms with Crippen LogP contribution < -0.4 is 4.90 Å². The Morgan fingerprint density at radius 1 is 1.00 bits per heavy atom. The molecule has 2 heterocycles. The topological polar surface area (TPSA) is 26.8 Å². The highest BCUT2D eigenvalue weighted by Crippen LogP contribution is 2.18. The Balaban J connectivity index is 1.43. The molecule has 126 valence electrons. The van der Waals surface area contributed by atoms with Crippen LogP contribution in [0.2, 0.25) is 0 Å². The quantitative estimate of drug-likeness (QED) is 0.854. The fraction of sp³-hybridized carbons (Fsp3) is 0.632. The van der Waals surface area contributed by atoms with Gasteiger partial charge in [-0.1, -0.05) is 18.6 Å². The third-order valence-corrected chi connectivity index (χ3v) is 5.09. The molecule has 1 amide bonds. The van der Waals surface area contributed by atoms with Crippen LogP contribution >= 0.6 is 0 Å². The molecular formula is C19H29N3O. The van der Waals surface area contributed by atoms with Crippen molar-refractivity contribution in [2.24, 2.45) is 0 Å². The van der Waals surface area contributed by atoms with Crippen LogP contribution in [0.15, 0.2) is 24.3 Å². The van der Waals surface area contributed by atoms with Crippen LogP contribution in [0, 0.1) is 6.92 Å². The molecule has 23 heavy (non-hydrogen) atoms. The number of aryl methyl sites for hydroxylation is 1. The monoisotopic (exact) mass is 315 g/mol. The molecule has 1 aromatic carbocycles. The number of carbonyl (C=O) groups is 1. The van der Waals surface area contributed by atoms with Crippen molar-refractivity contribution in [2.75, 3.05) is 50.7 Å². The first-order valence-corrected chi connectivity index (χ1v) is 9.04. The molecule has 0 saturated carbocycles. The fourth-order valence-electron chi connectivity index (χ4n) is 3.63. The third-order valence-electron chi connectivity index (χ3n) is 5.09. The number of carbonyl (C=O) groups excluding carboxylic acids is 1. The van der Waals surface area contributed by atoms with Gasteiger partial charge in [-0.2, -0.15) is 0 Å². The highest BCUT2D eigenvalue weighted by atomic mass is 16.2. The van der Waals surface area contributed by atoms with Crippen LogP contribution in [0.4, 0.5) is 5.69 Å². The molecule has 2 saturated heterocycles. The maximum atomic E-state index is 12.4. The van der Waals surface area contributed by atoms with E-state index < -0.39 is 0 Å². The maximum absolute atomic E-state index is 12.4. The van der Waals surface area contributed by atoms with E-state index in [9.17, 15) is 4.79 Å². The molecule has 0 unspecified atom stereocenters. The largest absolute Gasteiger partial charge is 0.368 e. The van der Waals surface area contributed by atoms with Gasteiger partial charge in [0.1, 0.15) is 0 Å². The van der Waals surface area contributed by atoms with Gasteiger partial charge < -0.3 is 14.7 Å². The molecule has 0 atom stereocenters. The highest BCUT2D eigenvalue weighted by molar-refractivity contribution is 5.76. The number of nitrogens with zero attached hydrogens (tertiary/aromatic N) is 3. The van der Waals surface area contributed by atoms with E-state index in [1.807, 2.05) is 0 Å². The molecule has 0 aromatic heterocycles. The molecule has 0 bridgehead atoms. The van der Waals surface area contributed by atoms with Crippen molar-refractivity contribution in [3.63, 3.8) is 0 Å². The normalized spacial score (nSPS) is 19.9. The SMILES string of the molecule is Cc1cccc(N2CCN(C(=O)CCN3CCCCC3)CC2)c1. The predicted molar refractivity (Wildman–Crippen MR) is 94.9 cm³/mol. The summed E-state index contributed by atoms with van der Waals surface area (Å²) >= 11 is 0. The Bertz CT molecular complexity index is 517. The van der Waals surface area contributed by atoms with Crippen LogP contribution in [0.1, 0.15) is 31.2 Å². The number of hydrogen-bond acceptors (Lipinski definition) is 3. The molecule has 2 aliphatic heterocycles. The number of piperidine rings is 1. The van der Waals surface area contributed by atoms with Crippen molar-refractivity contribution in [3.8, 4) is 0 Å². The van der Waals surface area contributed by atoms with Gasteiger partial charge in [0.15, 0.2) is 0 Å². The Kier molecular flexibility index (Phi) is 5.55. The van der Waals surface area contributed by atoms with Gasteiger partial charge in [-0.25, -0.2) is 0 Å². The number of benzene rings is 1. The van der Waals surface area contributed by atoms with E-state index in [1.165, 1.54) is 43.6 Å². The Hall–Kier alpha value is -1.55. The average molecular weight is 315 g/mol. The molecule has 4 heteroatoms. The van der Waals surface area contributed by atoms with Crippen molar-refractivity contribution in [1.82, 2.24) is 9.80 Å². The van der Waals surface area contributed by atoms with Gasteiger partial charge in [0.25, 0.3) is 0 Å². The number of rotatable bonds is 4. The Morgan fingerprint density at radius 2 is 1.74 bits per heavy atom. The van der Waals surface area contributed by atoms with Crippen molar-refractivity contribution in [1.29, 1.82) is 0 Å². The Morgan fingerprint density at radius 3 is 2.43 bits per heavy atom. The Labute approximate surface area is 140 Å². The zero-order valence-electron chi connectivity index (χ0n) is 14.3. The number of hydrogen-bond donors (Lipinski definition) is 0. The lowest BCUT2D eigenvalue weighted by Crippen LogP contribution is -2.49. The standard InChI is InChI=1S/C19H29N3O/c1-17-6-5-7-18(16-17)21-12-14-22(15-13-21)19(23)8-11-20-9-3-2-4-10-20/h5-7,16H,2-4,8-15H2,1H3. The molecule has 0 radical (unpaired) electrons. The van der Waals surface area contributed by atoms with Crippen molar-refractivity contribution < 1.29 is 4.79 Å². The van der Waals surface area contributed by atoms with E-state index in [4.69, 9.17) is 0 Å². The zero-order valence-corrected chi connectivity index (χ0v) is 14.3. The van der Waals surface area contributed by atoms with Gasteiger partial charge in [0, 0.05) is 44.8 Å². The second-order valence-electron chi connectivity index (χ2n) is 6.86. The lowest BCUT2D eigenvalue weighted by Gasteiger charge is -2.36. The first kappa shape index (κ1) is 16.3. The highest BCUT2D eigenvalue weighted by Gasteiger charge is 2.22. The van der Waals surface area contributed by atoms with Gasteiger partial charge in [0.05, 0.1) is 0 Å². The van der Waals surface area contributed by atoms with Crippen LogP contribution in [0.5, 0.6) is 0 Å². The summed E-state index contributed by atoms with van der Waals surface area (Å²) in [5.74, 6) is 0.333. The van der Waals surface area contributed by atoms with E-state index in [2.05, 4.69) is 45.9 Å². The van der Waals surface area contributed by atoms with Crippen LogP contribution in [0.25, 0.3) is 0 Å². The molecule has 2 aliphatic rings. The number of likely N-dealkylation sites (tertiary alicyclic amines) is 1. The summed E-state index contributed by atoms with van der Waals surface area (Å²) in [5, 5.41) is 0. The molecule has 2 fully saturated rings. The molecule has 1 aromatic rings. The number of anilines is 1. The van der Waals surface area contributed by atoms with Crippen molar-refractivity contribution in [2.45, 2.75) is 32.6 Å². The molecular weight excluding hydrogens is 286 g/mol. The summed E-state index contributed by atoms with van der Waals surface area (Å²) in [7, 11) is 0. The van der Waals surface area contributed by atoms with Crippen LogP contribution in [0.3, 0.4) is 0 Å². The van der Waals surface area contributed by atoms with E-state index in [1.54, 1.807) is 0 Å². The van der Waals surface area contributed by atoms with Crippen molar-refractivity contribution in [3.05, 3.63) is 29.8 Å². The van der Waals surface area contributed by atoms with E-state index in [-0.39, 0.29) is 0 Å². The first-order chi connectivity index (χ1) is 11.2. The molecule has 4 nitrogen and oxygen atoms in total. The van der Waals surface area contributed by atoms with Gasteiger partial charge in [0.2, 0.25) is 5.91 Å². The average Bonchev–Trinajstić information content (AvgIpc) is 2.61. The maximum Gasteiger partial charge on any atom is 0.223 e.